The molecule has 0 bridgehead atoms. The third kappa shape index (κ3) is 2.01. The van der Waals surface area contributed by atoms with E-state index in [1.165, 1.54) is 32.7 Å². The lowest BCUT2D eigenvalue weighted by molar-refractivity contribution is 0.0606. The molecule has 2 aromatic rings. The molecule has 17 heavy (non-hydrogen) atoms. The standard InChI is InChI=1S/C10H10N2O4S/c1-14-7-8(15-2)12-9-5(11-7)4-6(17-9)10(13)16-3/h4H,1-3H3. The fourth-order valence-corrected chi connectivity index (χ4v) is 2.18. The molecule has 0 atom stereocenters. The minimum atomic E-state index is -0.410. The summed E-state index contributed by atoms with van der Waals surface area (Å²) in [6.45, 7) is 0. The lowest BCUT2D eigenvalue weighted by Crippen LogP contribution is -1.96. The fraction of sp³-hybridized carbons (Fsp3) is 0.300. The van der Waals surface area contributed by atoms with Gasteiger partial charge < -0.3 is 14.2 Å². The Kier molecular flexibility index (Phi) is 3.10. The quantitative estimate of drug-likeness (QED) is 0.773. The van der Waals surface area contributed by atoms with Crippen LogP contribution in [0, 0.1) is 0 Å². The highest BCUT2D eigenvalue weighted by atomic mass is 32.1. The third-order valence-corrected chi connectivity index (χ3v) is 3.07. The maximum absolute atomic E-state index is 11.4. The average Bonchev–Trinajstić information content (AvgIpc) is 2.78. The van der Waals surface area contributed by atoms with Crippen molar-refractivity contribution in [2.24, 2.45) is 0 Å². The number of hydrogen-bond acceptors (Lipinski definition) is 7. The van der Waals surface area contributed by atoms with Gasteiger partial charge in [-0.2, -0.15) is 4.98 Å². The summed E-state index contributed by atoms with van der Waals surface area (Å²) in [5.41, 5.74) is 0.577. The number of hydrogen-bond donors (Lipinski definition) is 0. The zero-order valence-corrected chi connectivity index (χ0v) is 10.3. The zero-order chi connectivity index (χ0) is 12.4. The second-order valence-corrected chi connectivity index (χ2v) is 4.07. The lowest BCUT2D eigenvalue weighted by Gasteiger charge is -2.03. The van der Waals surface area contributed by atoms with E-state index in [0.717, 1.165) is 0 Å². The Morgan fingerprint density at radius 3 is 2.41 bits per heavy atom. The van der Waals surface area contributed by atoms with E-state index in [2.05, 4.69) is 14.7 Å². The maximum Gasteiger partial charge on any atom is 0.348 e. The number of aromatic nitrogens is 2. The van der Waals surface area contributed by atoms with E-state index in [9.17, 15) is 4.79 Å². The van der Waals surface area contributed by atoms with Gasteiger partial charge in [0, 0.05) is 0 Å². The van der Waals surface area contributed by atoms with Gasteiger partial charge in [-0.15, -0.1) is 11.3 Å². The average molecular weight is 254 g/mol. The molecular formula is C10H10N2O4S. The Hall–Kier alpha value is -1.89. The van der Waals surface area contributed by atoms with Gasteiger partial charge in [0.15, 0.2) is 0 Å². The van der Waals surface area contributed by atoms with E-state index >= 15 is 0 Å². The zero-order valence-electron chi connectivity index (χ0n) is 9.51. The molecule has 0 aliphatic carbocycles. The number of carbonyl (C=O) groups is 1. The van der Waals surface area contributed by atoms with Gasteiger partial charge in [-0.3, -0.25) is 0 Å². The minimum absolute atomic E-state index is 0.286. The molecule has 2 rings (SSSR count). The first kappa shape index (κ1) is 11.6. The smallest absolute Gasteiger partial charge is 0.348 e. The predicted octanol–water partition coefficient (Wildman–Crippen LogP) is 1.50. The Balaban J connectivity index is 2.57. The summed E-state index contributed by atoms with van der Waals surface area (Å²) >= 11 is 1.19. The van der Waals surface area contributed by atoms with Crippen molar-refractivity contribution in [1.82, 2.24) is 9.97 Å². The van der Waals surface area contributed by atoms with Gasteiger partial charge >= 0.3 is 5.97 Å². The third-order valence-electron chi connectivity index (χ3n) is 2.07. The first-order valence-electron chi connectivity index (χ1n) is 4.67. The number of rotatable bonds is 3. The van der Waals surface area contributed by atoms with Crippen molar-refractivity contribution < 1.29 is 19.0 Å². The van der Waals surface area contributed by atoms with Crippen molar-refractivity contribution in [1.29, 1.82) is 0 Å². The molecule has 0 aliphatic rings. The van der Waals surface area contributed by atoms with Crippen molar-refractivity contribution in [3.05, 3.63) is 10.9 Å². The van der Waals surface area contributed by atoms with Crippen LogP contribution in [0.25, 0.3) is 10.3 Å². The van der Waals surface area contributed by atoms with Crippen LogP contribution in [0.5, 0.6) is 11.8 Å². The number of nitrogens with zero attached hydrogens (tertiary/aromatic N) is 2. The Morgan fingerprint density at radius 2 is 1.82 bits per heavy atom. The van der Waals surface area contributed by atoms with Crippen LogP contribution in [0.3, 0.4) is 0 Å². The van der Waals surface area contributed by atoms with Gasteiger partial charge in [0.05, 0.1) is 21.3 Å². The SMILES string of the molecule is COC(=O)c1cc2nc(OC)c(OC)nc2s1. The molecule has 0 amide bonds. The fourth-order valence-electron chi connectivity index (χ4n) is 1.30. The normalized spacial score (nSPS) is 10.3. The molecule has 0 radical (unpaired) electrons. The molecule has 0 aromatic carbocycles. The summed E-state index contributed by atoms with van der Waals surface area (Å²) in [6, 6.07) is 1.61. The monoisotopic (exact) mass is 254 g/mol. The number of methoxy groups -OCH3 is 3. The molecule has 0 N–H and O–H groups in total. The van der Waals surface area contributed by atoms with Gasteiger partial charge in [0.1, 0.15) is 15.2 Å². The molecule has 0 fully saturated rings. The molecule has 7 heteroatoms. The largest absolute Gasteiger partial charge is 0.477 e. The second kappa shape index (κ2) is 4.54. The second-order valence-electron chi connectivity index (χ2n) is 3.03. The van der Waals surface area contributed by atoms with Gasteiger partial charge in [0.25, 0.3) is 11.8 Å². The molecule has 0 aliphatic heterocycles. The number of carbonyl (C=O) groups excluding carboxylic acids is 1. The van der Waals surface area contributed by atoms with Crippen LogP contribution in [0.1, 0.15) is 9.67 Å². The van der Waals surface area contributed by atoms with E-state index < -0.39 is 5.97 Å². The predicted molar refractivity (Wildman–Crippen MR) is 61.9 cm³/mol. The van der Waals surface area contributed by atoms with Crippen molar-refractivity contribution >= 4 is 27.7 Å². The highest BCUT2D eigenvalue weighted by molar-refractivity contribution is 7.20. The summed E-state index contributed by atoms with van der Waals surface area (Å²) in [7, 11) is 4.29. The van der Waals surface area contributed by atoms with Crippen LogP contribution in [-0.4, -0.2) is 37.3 Å². The maximum atomic E-state index is 11.4. The van der Waals surface area contributed by atoms with Gasteiger partial charge in [0.2, 0.25) is 0 Å². The first-order valence-corrected chi connectivity index (χ1v) is 5.49. The highest BCUT2D eigenvalue weighted by Crippen LogP contribution is 2.30. The van der Waals surface area contributed by atoms with E-state index in [0.29, 0.717) is 21.1 Å². The number of esters is 1. The molecule has 0 spiro atoms. The summed E-state index contributed by atoms with van der Waals surface area (Å²) in [5, 5.41) is 0. The number of thiophene rings is 1. The summed E-state index contributed by atoms with van der Waals surface area (Å²) < 4.78 is 14.7. The van der Waals surface area contributed by atoms with Crippen LogP contribution < -0.4 is 9.47 Å². The molecule has 2 aromatic heterocycles. The summed E-state index contributed by atoms with van der Waals surface area (Å²) in [5.74, 6) is 0.167. The van der Waals surface area contributed by atoms with Crippen molar-refractivity contribution in [3.8, 4) is 11.8 Å². The highest BCUT2D eigenvalue weighted by Gasteiger charge is 2.16. The summed E-state index contributed by atoms with van der Waals surface area (Å²) in [6.07, 6.45) is 0. The molecule has 6 nitrogen and oxygen atoms in total. The van der Waals surface area contributed by atoms with Crippen molar-refractivity contribution in [2.75, 3.05) is 21.3 Å². The Bertz CT molecular complexity index is 526. The Morgan fingerprint density at radius 1 is 1.18 bits per heavy atom. The van der Waals surface area contributed by atoms with Crippen LogP contribution >= 0.6 is 11.3 Å². The van der Waals surface area contributed by atoms with Crippen LogP contribution in [0.2, 0.25) is 0 Å². The minimum Gasteiger partial charge on any atom is -0.477 e. The molecule has 2 heterocycles. The van der Waals surface area contributed by atoms with Gasteiger partial charge in [-0.05, 0) is 6.07 Å². The van der Waals surface area contributed by atoms with Crippen LogP contribution in [0.15, 0.2) is 6.07 Å². The number of ether oxygens (including phenoxy) is 3. The van der Waals surface area contributed by atoms with Crippen molar-refractivity contribution in [3.63, 3.8) is 0 Å². The molecular weight excluding hydrogens is 244 g/mol. The van der Waals surface area contributed by atoms with E-state index in [1.807, 2.05) is 0 Å². The number of fused-ring (bicyclic) bond motifs is 1. The van der Waals surface area contributed by atoms with Gasteiger partial charge in [-0.1, -0.05) is 0 Å². The van der Waals surface area contributed by atoms with E-state index in [-0.39, 0.29) is 5.88 Å². The summed E-state index contributed by atoms with van der Waals surface area (Å²) in [4.78, 5) is 20.8. The molecule has 0 saturated heterocycles. The van der Waals surface area contributed by atoms with Crippen LogP contribution in [-0.2, 0) is 4.74 Å². The lowest BCUT2D eigenvalue weighted by atomic mass is 10.4. The van der Waals surface area contributed by atoms with Crippen molar-refractivity contribution in [2.45, 2.75) is 0 Å². The molecule has 0 saturated carbocycles. The van der Waals surface area contributed by atoms with Crippen LogP contribution in [0.4, 0.5) is 0 Å². The van der Waals surface area contributed by atoms with Gasteiger partial charge in [-0.25, -0.2) is 9.78 Å². The molecule has 0 unspecified atom stereocenters. The topological polar surface area (TPSA) is 70.5 Å². The first-order chi connectivity index (χ1) is 8.19. The Labute approximate surface area is 101 Å². The molecule has 90 valence electrons. The van der Waals surface area contributed by atoms with E-state index in [1.54, 1.807) is 6.07 Å². The van der Waals surface area contributed by atoms with E-state index in [4.69, 9.17) is 9.47 Å².